The molecule has 0 atom stereocenters. The summed E-state index contributed by atoms with van der Waals surface area (Å²) >= 11 is 0. The lowest BCUT2D eigenvalue weighted by atomic mass is 9.97. The predicted octanol–water partition coefficient (Wildman–Crippen LogP) is 6.69. The van der Waals surface area contributed by atoms with Gasteiger partial charge in [0.25, 0.3) is 0 Å². The summed E-state index contributed by atoms with van der Waals surface area (Å²) in [6.45, 7) is 1.87. The van der Waals surface area contributed by atoms with Crippen LogP contribution in [0.15, 0.2) is 146 Å². The van der Waals surface area contributed by atoms with Crippen LogP contribution < -0.4 is 31.8 Å². The summed E-state index contributed by atoms with van der Waals surface area (Å²) in [6.07, 6.45) is 0. The van der Waals surface area contributed by atoms with Crippen molar-refractivity contribution in [2.75, 3.05) is 0 Å². The molecule has 6 heteroatoms. The normalized spacial score (nSPS) is 14.2. The van der Waals surface area contributed by atoms with Crippen molar-refractivity contribution in [1.82, 2.24) is 0 Å². The molecule has 0 fully saturated rings. The smallest absolute Gasteiger partial charge is 0.171 e. The Morgan fingerprint density at radius 2 is 0.630 bits per heavy atom. The molecule has 0 aromatic heterocycles. The van der Waals surface area contributed by atoms with Gasteiger partial charge in [-0.05, 0) is 57.6 Å². The van der Waals surface area contributed by atoms with Gasteiger partial charge in [0.05, 0.1) is 26.4 Å². The van der Waals surface area contributed by atoms with Crippen LogP contribution >= 0.6 is 14.3 Å². The molecular formula is C40H32O4P2. The molecule has 6 aromatic carbocycles. The first-order valence-electron chi connectivity index (χ1n) is 15.5. The molecule has 0 bridgehead atoms. The van der Waals surface area contributed by atoms with Crippen molar-refractivity contribution in [2.24, 2.45) is 0 Å². The van der Waals surface area contributed by atoms with Crippen LogP contribution in [0.5, 0.6) is 0 Å². The third-order valence-electron chi connectivity index (χ3n) is 9.11. The number of rotatable bonds is 7. The van der Waals surface area contributed by atoms with Gasteiger partial charge in [-0.2, -0.15) is 0 Å². The van der Waals surface area contributed by atoms with E-state index in [2.05, 4.69) is 24.3 Å². The van der Waals surface area contributed by atoms with Gasteiger partial charge in [-0.1, -0.05) is 121 Å². The zero-order valence-corrected chi connectivity index (χ0v) is 27.0. The number of hydrogen-bond acceptors (Lipinski definition) is 4. The minimum Gasteiger partial charge on any atom is -0.372 e. The van der Waals surface area contributed by atoms with Crippen LogP contribution in [0.1, 0.15) is 22.3 Å². The van der Waals surface area contributed by atoms with Gasteiger partial charge in [-0.25, -0.2) is 0 Å². The lowest BCUT2D eigenvalue weighted by Crippen LogP contribution is -2.30. The van der Waals surface area contributed by atoms with E-state index in [0.717, 1.165) is 65.2 Å². The molecule has 226 valence electrons. The molecule has 0 aliphatic carbocycles. The second-order valence-corrected chi connectivity index (χ2v) is 17.3. The van der Waals surface area contributed by atoms with Crippen LogP contribution in [-0.4, -0.2) is 0 Å². The first-order valence-corrected chi connectivity index (χ1v) is 18.9. The maximum absolute atomic E-state index is 16.0. The molecule has 4 nitrogen and oxygen atoms in total. The Bertz CT molecular complexity index is 1900. The maximum Gasteiger partial charge on any atom is 0.171 e. The fourth-order valence-electron chi connectivity index (χ4n) is 6.79. The highest BCUT2D eigenvalue weighted by atomic mass is 31.2. The van der Waals surface area contributed by atoms with Crippen LogP contribution in [-0.2, 0) is 45.0 Å². The van der Waals surface area contributed by atoms with Crippen molar-refractivity contribution in [2.45, 2.75) is 26.4 Å². The highest BCUT2D eigenvalue weighted by Crippen LogP contribution is 2.50. The molecule has 0 saturated carbocycles. The number of ether oxygens (including phenoxy) is 2. The average Bonchev–Trinajstić information content (AvgIpc) is 3.80. The molecule has 0 unspecified atom stereocenters. The molecule has 6 aromatic rings. The van der Waals surface area contributed by atoms with Crippen LogP contribution in [0.25, 0.3) is 11.1 Å². The summed E-state index contributed by atoms with van der Waals surface area (Å²) in [5, 5.41) is 4.45. The molecule has 2 heterocycles. The van der Waals surface area contributed by atoms with Crippen LogP contribution in [0.3, 0.4) is 0 Å². The minimum absolute atomic E-state index is 0.462. The third kappa shape index (κ3) is 4.77. The van der Waals surface area contributed by atoms with Crippen LogP contribution in [0.2, 0.25) is 0 Å². The van der Waals surface area contributed by atoms with E-state index in [4.69, 9.17) is 9.47 Å². The Balaban J connectivity index is 1.50. The van der Waals surface area contributed by atoms with Gasteiger partial charge in [0.15, 0.2) is 14.3 Å². The highest BCUT2D eigenvalue weighted by Gasteiger charge is 2.38. The molecule has 0 spiro atoms. The molecule has 2 aliphatic rings. The quantitative estimate of drug-likeness (QED) is 0.183. The number of fused-ring (bicyclic) bond motifs is 2. The molecular weight excluding hydrogens is 606 g/mol. The number of benzene rings is 6. The Morgan fingerprint density at radius 3 is 0.913 bits per heavy atom. The van der Waals surface area contributed by atoms with E-state index in [-0.39, 0.29) is 0 Å². The van der Waals surface area contributed by atoms with E-state index in [1.807, 2.05) is 121 Å². The molecule has 0 N–H and O–H groups in total. The van der Waals surface area contributed by atoms with Gasteiger partial charge in [0.1, 0.15) is 0 Å². The summed E-state index contributed by atoms with van der Waals surface area (Å²) in [4.78, 5) is 0. The SMILES string of the molecule is O=P(c1ccccc1)(c1ccccc1)c1cc2c(cc1-c1cc3c(cc1P(=O)(c1ccccc1)c1ccccc1)COC3)COC2. The van der Waals surface area contributed by atoms with Gasteiger partial charge >= 0.3 is 0 Å². The van der Waals surface area contributed by atoms with E-state index < -0.39 is 14.3 Å². The Kier molecular flexibility index (Phi) is 7.48. The predicted molar refractivity (Wildman–Crippen MR) is 188 cm³/mol. The van der Waals surface area contributed by atoms with Crippen molar-refractivity contribution in [1.29, 1.82) is 0 Å². The van der Waals surface area contributed by atoms with Gasteiger partial charge in [0.2, 0.25) is 0 Å². The lowest BCUT2D eigenvalue weighted by Gasteiger charge is -2.28. The summed E-state index contributed by atoms with van der Waals surface area (Å²) in [5.41, 5.74) is 5.82. The van der Waals surface area contributed by atoms with Crippen molar-refractivity contribution < 1.29 is 18.6 Å². The van der Waals surface area contributed by atoms with Gasteiger partial charge < -0.3 is 18.6 Å². The summed E-state index contributed by atoms with van der Waals surface area (Å²) in [6, 6.07) is 47.4. The first-order chi connectivity index (χ1) is 22.6. The van der Waals surface area contributed by atoms with E-state index in [1.165, 1.54) is 0 Å². The Labute approximate surface area is 269 Å². The van der Waals surface area contributed by atoms with E-state index >= 15 is 9.13 Å². The standard InChI is InChI=1S/C40H32O4P2/c41-45(33-13-5-1-6-14-33,34-15-7-2-8-16-34)39-23-31-27-43-25-29(31)21-37(39)38-22-30-26-44-28-32(30)24-40(38)46(42,35-17-9-3-10-18-35)36-19-11-4-12-20-36/h1-24H,25-28H2. The summed E-state index contributed by atoms with van der Waals surface area (Å²) in [5.74, 6) is 0. The summed E-state index contributed by atoms with van der Waals surface area (Å²) < 4.78 is 43.9. The Morgan fingerprint density at radius 1 is 0.370 bits per heavy atom. The maximum atomic E-state index is 16.0. The largest absolute Gasteiger partial charge is 0.372 e. The zero-order valence-electron chi connectivity index (χ0n) is 25.2. The zero-order chi connectivity index (χ0) is 31.1. The van der Waals surface area contributed by atoms with Gasteiger partial charge in [0, 0.05) is 31.8 Å². The summed E-state index contributed by atoms with van der Waals surface area (Å²) in [7, 11) is -6.85. The highest BCUT2D eigenvalue weighted by molar-refractivity contribution is 7.86. The number of hydrogen-bond donors (Lipinski definition) is 0. The van der Waals surface area contributed by atoms with Crippen LogP contribution in [0.4, 0.5) is 0 Å². The van der Waals surface area contributed by atoms with Gasteiger partial charge in [-0.3, -0.25) is 0 Å². The van der Waals surface area contributed by atoms with Crippen molar-refractivity contribution in [3.8, 4) is 11.1 Å². The molecule has 0 radical (unpaired) electrons. The Hall–Kier alpha value is -4.30. The fraction of sp³-hybridized carbons (Fsp3) is 0.100. The molecule has 0 saturated heterocycles. The van der Waals surface area contributed by atoms with Gasteiger partial charge in [-0.15, -0.1) is 0 Å². The van der Waals surface area contributed by atoms with Crippen molar-refractivity contribution in [3.63, 3.8) is 0 Å². The van der Waals surface area contributed by atoms with E-state index in [1.54, 1.807) is 0 Å². The van der Waals surface area contributed by atoms with Crippen LogP contribution in [0, 0.1) is 0 Å². The average molecular weight is 639 g/mol. The third-order valence-corrected chi connectivity index (χ3v) is 15.3. The van der Waals surface area contributed by atoms with Crippen molar-refractivity contribution in [3.05, 3.63) is 168 Å². The molecule has 2 aliphatic heterocycles. The molecule has 46 heavy (non-hydrogen) atoms. The van der Waals surface area contributed by atoms with Crippen molar-refractivity contribution >= 4 is 46.1 Å². The topological polar surface area (TPSA) is 52.6 Å². The molecule has 0 amide bonds. The van der Waals surface area contributed by atoms with E-state index in [0.29, 0.717) is 26.4 Å². The van der Waals surface area contributed by atoms with E-state index in [9.17, 15) is 0 Å². The monoisotopic (exact) mass is 638 g/mol. The lowest BCUT2D eigenvalue weighted by molar-refractivity contribution is 0.134. The first kappa shape index (κ1) is 29.1. The second kappa shape index (κ2) is 11.8. The molecule has 8 rings (SSSR count). The minimum atomic E-state index is -3.42. The fourth-order valence-corrected chi connectivity index (χ4v) is 12.6. The second-order valence-electron chi connectivity index (χ2n) is 11.8.